The predicted molar refractivity (Wildman–Crippen MR) is 93.8 cm³/mol. The molecule has 0 spiro atoms. The number of nitrogens with zero attached hydrogens (tertiary/aromatic N) is 3. The van der Waals surface area contributed by atoms with Gasteiger partial charge in [0, 0.05) is 38.3 Å². The highest BCUT2D eigenvalue weighted by Gasteiger charge is 2.21. The third kappa shape index (κ3) is 4.21. The minimum Gasteiger partial charge on any atom is -0.396 e. The number of ether oxygens (including phenoxy) is 1. The van der Waals surface area contributed by atoms with Crippen LogP contribution in [-0.4, -0.2) is 41.4 Å². The van der Waals surface area contributed by atoms with Gasteiger partial charge in [-0.25, -0.2) is 4.98 Å². The van der Waals surface area contributed by atoms with E-state index in [4.69, 9.17) is 10.5 Å². The number of aliphatic hydroxyl groups excluding tert-OH is 1. The minimum atomic E-state index is 0.148. The maximum atomic E-state index is 9.21. The van der Waals surface area contributed by atoms with Crippen LogP contribution in [-0.2, 0) is 11.3 Å². The lowest BCUT2D eigenvalue weighted by Crippen LogP contribution is -2.26. The summed E-state index contributed by atoms with van der Waals surface area (Å²) in [6, 6.07) is 12.2. The monoisotopic (exact) mass is 328 g/mol. The fourth-order valence-electron chi connectivity index (χ4n) is 2.95. The van der Waals surface area contributed by atoms with E-state index in [1.165, 1.54) is 5.56 Å². The number of aromatic nitrogens is 2. The zero-order valence-electron chi connectivity index (χ0n) is 13.8. The van der Waals surface area contributed by atoms with Gasteiger partial charge >= 0.3 is 0 Å². The lowest BCUT2D eigenvalue weighted by atomic mass is 10.0. The second kappa shape index (κ2) is 8.08. The molecule has 1 atom stereocenters. The molecule has 1 aromatic heterocycles. The highest BCUT2D eigenvalue weighted by molar-refractivity contribution is 5.45. The van der Waals surface area contributed by atoms with Crippen molar-refractivity contribution in [3.05, 3.63) is 47.7 Å². The van der Waals surface area contributed by atoms with Crippen molar-refractivity contribution >= 4 is 11.8 Å². The van der Waals surface area contributed by atoms with Gasteiger partial charge in [-0.3, -0.25) is 0 Å². The lowest BCUT2D eigenvalue weighted by molar-refractivity contribution is 0.193. The van der Waals surface area contributed by atoms with Crippen LogP contribution in [0.5, 0.6) is 0 Å². The van der Waals surface area contributed by atoms with Gasteiger partial charge < -0.3 is 20.5 Å². The number of nitrogens with two attached hydrogens (primary N) is 1. The van der Waals surface area contributed by atoms with Gasteiger partial charge in [0.1, 0.15) is 5.82 Å². The Kier molecular flexibility index (Phi) is 5.61. The van der Waals surface area contributed by atoms with Crippen LogP contribution in [0.1, 0.15) is 30.0 Å². The van der Waals surface area contributed by atoms with E-state index >= 15 is 0 Å². The fraction of sp³-hybridized carbons (Fsp3) is 0.444. The summed E-state index contributed by atoms with van der Waals surface area (Å²) in [4.78, 5) is 11.0. The van der Waals surface area contributed by atoms with Crippen LogP contribution >= 0.6 is 0 Å². The molecule has 24 heavy (non-hydrogen) atoms. The van der Waals surface area contributed by atoms with Crippen LogP contribution < -0.4 is 10.6 Å². The Labute approximate surface area is 142 Å². The van der Waals surface area contributed by atoms with Crippen molar-refractivity contribution in [1.29, 1.82) is 0 Å². The quantitative estimate of drug-likeness (QED) is 0.808. The van der Waals surface area contributed by atoms with Gasteiger partial charge in [0.05, 0.1) is 12.3 Å². The summed E-state index contributed by atoms with van der Waals surface area (Å²) in [7, 11) is 0. The third-order valence-electron chi connectivity index (χ3n) is 4.22. The molecular formula is C18H24N4O2. The molecule has 0 aliphatic carbocycles. The van der Waals surface area contributed by atoms with Gasteiger partial charge in [-0.05, 0) is 18.4 Å². The Bertz CT molecular complexity index is 645. The molecule has 2 aromatic rings. The maximum absolute atomic E-state index is 9.21. The fourth-order valence-corrected chi connectivity index (χ4v) is 2.95. The van der Waals surface area contributed by atoms with E-state index in [1.807, 2.05) is 24.3 Å². The molecule has 3 rings (SSSR count). The Morgan fingerprint density at radius 1 is 1.25 bits per heavy atom. The van der Waals surface area contributed by atoms with Crippen molar-refractivity contribution in [2.75, 3.05) is 37.0 Å². The molecule has 0 amide bonds. The smallest absolute Gasteiger partial charge is 0.222 e. The van der Waals surface area contributed by atoms with Crippen LogP contribution in [0.4, 0.5) is 11.8 Å². The summed E-state index contributed by atoms with van der Waals surface area (Å²) in [6.07, 6.45) is 1.64. The van der Waals surface area contributed by atoms with Gasteiger partial charge in [0.15, 0.2) is 0 Å². The van der Waals surface area contributed by atoms with Crippen LogP contribution in [0.15, 0.2) is 36.4 Å². The Balaban J connectivity index is 1.85. The largest absolute Gasteiger partial charge is 0.396 e. The van der Waals surface area contributed by atoms with Crippen molar-refractivity contribution in [2.45, 2.75) is 25.3 Å². The van der Waals surface area contributed by atoms with Gasteiger partial charge in [0.2, 0.25) is 5.95 Å². The summed E-state index contributed by atoms with van der Waals surface area (Å²) >= 11 is 0. The first-order valence-electron chi connectivity index (χ1n) is 8.38. The number of anilines is 2. The summed E-state index contributed by atoms with van der Waals surface area (Å²) < 4.78 is 5.46. The van der Waals surface area contributed by atoms with Gasteiger partial charge in [-0.1, -0.05) is 30.3 Å². The van der Waals surface area contributed by atoms with E-state index in [1.54, 1.807) is 0 Å². The second-order valence-corrected chi connectivity index (χ2v) is 6.05. The first kappa shape index (κ1) is 16.7. The van der Waals surface area contributed by atoms with Crippen molar-refractivity contribution in [3.8, 4) is 0 Å². The minimum absolute atomic E-state index is 0.148. The number of rotatable bonds is 7. The molecule has 1 aromatic carbocycles. The van der Waals surface area contributed by atoms with E-state index in [-0.39, 0.29) is 18.5 Å². The van der Waals surface area contributed by atoms with E-state index < -0.39 is 0 Å². The molecule has 0 saturated carbocycles. The summed E-state index contributed by atoms with van der Waals surface area (Å²) in [6.45, 7) is 3.03. The highest BCUT2D eigenvalue weighted by atomic mass is 16.5. The van der Waals surface area contributed by atoms with Crippen LogP contribution in [0.25, 0.3) is 0 Å². The molecule has 1 aliphatic heterocycles. The molecule has 1 fully saturated rings. The van der Waals surface area contributed by atoms with E-state index in [0.717, 1.165) is 31.1 Å². The lowest BCUT2D eigenvalue weighted by Gasteiger charge is -2.24. The molecule has 3 N–H and O–H groups in total. The zero-order valence-corrected chi connectivity index (χ0v) is 13.8. The van der Waals surface area contributed by atoms with Crippen LogP contribution in [0.3, 0.4) is 0 Å². The number of hydrogen-bond donors (Lipinski definition) is 2. The van der Waals surface area contributed by atoms with E-state index in [2.05, 4.69) is 27.0 Å². The van der Waals surface area contributed by atoms with Gasteiger partial charge in [0.25, 0.3) is 0 Å². The number of hydrogen-bond acceptors (Lipinski definition) is 6. The Morgan fingerprint density at radius 2 is 2.08 bits per heavy atom. The molecule has 0 radical (unpaired) electrons. The summed E-state index contributed by atoms with van der Waals surface area (Å²) in [5, 5.41) is 9.21. The molecule has 6 heteroatoms. The molecule has 0 unspecified atom stereocenters. The average Bonchev–Trinajstić information content (AvgIpc) is 3.13. The first-order valence-corrected chi connectivity index (χ1v) is 8.38. The molecule has 2 heterocycles. The molecule has 1 saturated heterocycles. The Hall–Kier alpha value is -2.18. The van der Waals surface area contributed by atoms with Crippen molar-refractivity contribution in [2.24, 2.45) is 0 Å². The predicted octanol–water partition coefficient (Wildman–Crippen LogP) is 1.95. The van der Waals surface area contributed by atoms with Crippen molar-refractivity contribution in [1.82, 2.24) is 9.97 Å². The number of benzene rings is 1. The van der Waals surface area contributed by atoms with Crippen LogP contribution in [0, 0.1) is 0 Å². The highest BCUT2D eigenvalue weighted by Crippen LogP contribution is 2.27. The standard InChI is InChI=1S/C18H24N4O2/c19-18-20-16(15-7-10-24-13-15)11-17(21-18)22(8-4-9-23)12-14-5-2-1-3-6-14/h1-3,5-6,11,15,23H,4,7-10,12-13H2,(H2,19,20,21)/t15-/m1/s1. The Morgan fingerprint density at radius 3 is 2.79 bits per heavy atom. The molecule has 0 bridgehead atoms. The average molecular weight is 328 g/mol. The summed E-state index contributed by atoms with van der Waals surface area (Å²) in [5.41, 5.74) is 8.08. The van der Waals surface area contributed by atoms with Gasteiger partial charge in [-0.15, -0.1) is 0 Å². The van der Waals surface area contributed by atoms with Crippen molar-refractivity contribution < 1.29 is 9.84 Å². The number of nitrogen functional groups attached to an aromatic ring is 1. The maximum Gasteiger partial charge on any atom is 0.222 e. The molecule has 128 valence electrons. The molecular weight excluding hydrogens is 304 g/mol. The molecule has 6 nitrogen and oxygen atoms in total. The number of aliphatic hydroxyl groups is 1. The third-order valence-corrected chi connectivity index (χ3v) is 4.22. The van der Waals surface area contributed by atoms with Crippen LogP contribution in [0.2, 0.25) is 0 Å². The SMILES string of the molecule is Nc1nc([C@@H]2CCOC2)cc(N(CCCO)Cc2ccccc2)n1. The van der Waals surface area contributed by atoms with Gasteiger partial charge in [-0.2, -0.15) is 4.98 Å². The van der Waals surface area contributed by atoms with E-state index in [0.29, 0.717) is 19.6 Å². The normalized spacial score (nSPS) is 17.1. The molecule has 1 aliphatic rings. The van der Waals surface area contributed by atoms with Crippen molar-refractivity contribution in [3.63, 3.8) is 0 Å². The zero-order chi connectivity index (χ0) is 16.8. The second-order valence-electron chi connectivity index (χ2n) is 6.05. The topological polar surface area (TPSA) is 84.5 Å². The van der Waals surface area contributed by atoms with E-state index in [9.17, 15) is 5.11 Å². The first-order chi connectivity index (χ1) is 11.8. The summed E-state index contributed by atoms with van der Waals surface area (Å²) in [5.74, 6) is 1.38.